The summed E-state index contributed by atoms with van der Waals surface area (Å²) < 4.78 is 0. The number of nitrogens with one attached hydrogen (secondary N) is 1. The molecule has 0 saturated carbocycles. The van der Waals surface area contributed by atoms with Crippen LogP contribution >= 0.6 is 0 Å². The minimum atomic E-state index is 0.189. The average molecular weight is 279 g/mol. The molecule has 1 aliphatic rings. The van der Waals surface area contributed by atoms with Gasteiger partial charge in [0.15, 0.2) is 0 Å². The van der Waals surface area contributed by atoms with Gasteiger partial charge in [0.25, 0.3) is 0 Å². The van der Waals surface area contributed by atoms with E-state index in [1.807, 2.05) is 36.5 Å². The third-order valence-electron chi connectivity index (χ3n) is 3.46. The van der Waals surface area contributed by atoms with Crippen LogP contribution in [0.25, 0.3) is 10.9 Å². The fourth-order valence-electron chi connectivity index (χ4n) is 2.40. The summed E-state index contributed by atoms with van der Waals surface area (Å²) in [6.45, 7) is 0.815. The van der Waals surface area contributed by atoms with Gasteiger partial charge in [-0.3, -0.25) is 9.69 Å². The number of carbonyl (C=O) groups excluding carboxylic acids is 1. The minimum Gasteiger partial charge on any atom is -0.361 e. The van der Waals surface area contributed by atoms with Crippen LogP contribution in [0.5, 0.6) is 0 Å². The summed E-state index contributed by atoms with van der Waals surface area (Å²) in [7, 11) is 0. The van der Waals surface area contributed by atoms with Crippen molar-refractivity contribution in [2.24, 2.45) is 0 Å². The lowest BCUT2D eigenvalue weighted by Gasteiger charge is -2.13. The van der Waals surface area contributed by atoms with E-state index in [0.717, 1.165) is 18.8 Å². The number of H-pyrrole nitrogens is 1. The third-order valence-corrected chi connectivity index (χ3v) is 3.46. The summed E-state index contributed by atoms with van der Waals surface area (Å²) >= 11 is 0. The molecule has 1 aliphatic heterocycles. The van der Waals surface area contributed by atoms with Crippen LogP contribution in [-0.2, 0) is 4.79 Å². The number of fused-ring (bicyclic) bond motifs is 1. The highest BCUT2D eigenvalue weighted by Gasteiger charge is 2.21. The Morgan fingerprint density at radius 2 is 1.90 bits per heavy atom. The van der Waals surface area contributed by atoms with Gasteiger partial charge in [0.05, 0.1) is 0 Å². The maximum absolute atomic E-state index is 11.3. The van der Waals surface area contributed by atoms with Gasteiger partial charge in [-0.1, -0.05) is 24.3 Å². The van der Waals surface area contributed by atoms with Crippen molar-refractivity contribution in [3.05, 3.63) is 60.9 Å². The average Bonchev–Trinajstić information content (AvgIpc) is 3.17. The van der Waals surface area contributed by atoms with Crippen molar-refractivity contribution in [1.82, 2.24) is 9.97 Å². The molecule has 1 saturated heterocycles. The molecule has 0 radical (unpaired) electrons. The lowest BCUT2D eigenvalue weighted by Crippen LogP contribution is -2.24. The highest BCUT2D eigenvalue weighted by molar-refractivity contribution is 5.94. The summed E-state index contributed by atoms with van der Waals surface area (Å²) in [5, 5.41) is 1.28. The van der Waals surface area contributed by atoms with Crippen LogP contribution in [0.2, 0.25) is 0 Å². The molecule has 0 atom stereocenters. The van der Waals surface area contributed by atoms with Gasteiger partial charge >= 0.3 is 0 Å². The summed E-state index contributed by atoms with van der Waals surface area (Å²) in [4.78, 5) is 20.2. The molecular formula is C17H17N3O. The Kier molecular flexibility index (Phi) is 3.96. The molecule has 4 nitrogen and oxygen atoms in total. The normalized spacial score (nSPS) is 14.1. The fourth-order valence-corrected chi connectivity index (χ4v) is 2.40. The van der Waals surface area contributed by atoms with Gasteiger partial charge in [0.1, 0.15) is 5.82 Å². The number of carbonyl (C=O) groups is 1. The Morgan fingerprint density at radius 1 is 1.05 bits per heavy atom. The number of anilines is 1. The Morgan fingerprint density at radius 3 is 2.62 bits per heavy atom. The molecule has 3 heterocycles. The number of benzene rings is 1. The number of aromatic amines is 1. The van der Waals surface area contributed by atoms with Crippen molar-refractivity contribution in [2.75, 3.05) is 11.4 Å². The first-order valence-electron chi connectivity index (χ1n) is 7.08. The maximum Gasteiger partial charge on any atom is 0.228 e. The summed E-state index contributed by atoms with van der Waals surface area (Å²) in [5.74, 6) is 0.966. The van der Waals surface area contributed by atoms with Crippen LogP contribution in [-0.4, -0.2) is 22.4 Å². The van der Waals surface area contributed by atoms with E-state index in [9.17, 15) is 4.79 Å². The van der Waals surface area contributed by atoms with Crippen molar-refractivity contribution in [1.29, 1.82) is 0 Å². The molecule has 1 aromatic carbocycles. The van der Waals surface area contributed by atoms with E-state index in [4.69, 9.17) is 0 Å². The number of amides is 1. The highest BCUT2D eigenvalue weighted by atomic mass is 16.2. The Bertz CT molecular complexity index is 691. The summed E-state index contributed by atoms with van der Waals surface area (Å²) in [6, 6.07) is 15.9. The van der Waals surface area contributed by atoms with Crippen LogP contribution in [0.4, 0.5) is 5.82 Å². The lowest BCUT2D eigenvalue weighted by molar-refractivity contribution is -0.117. The molecule has 4 rings (SSSR count). The number of rotatable bonds is 1. The van der Waals surface area contributed by atoms with E-state index in [2.05, 4.69) is 28.2 Å². The number of nitrogens with zero attached hydrogens (tertiary/aromatic N) is 2. The molecule has 0 bridgehead atoms. The van der Waals surface area contributed by atoms with Gasteiger partial charge in [-0.15, -0.1) is 0 Å². The van der Waals surface area contributed by atoms with E-state index in [-0.39, 0.29) is 5.91 Å². The molecule has 1 N–H and O–H groups in total. The molecule has 106 valence electrons. The second-order valence-electron chi connectivity index (χ2n) is 4.90. The topological polar surface area (TPSA) is 49.0 Å². The van der Waals surface area contributed by atoms with E-state index >= 15 is 0 Å². The van der Waals surface area contributed by atoms with Crippen LogP contribution in [0.1, 0.15) is 12.8 Å². The van der Waals surface area contributed by atoms with Gasteiger partial charge in [-0.25, -0.2) is 4.98 Å². The lowest BCUT2D eigenvalue weighted by atomic mass is 10.3. The molecular weight excluding hydrogens is 262 g/mol. The van der Waals surface area contributed by atoms with Crippen molar-refractivity contribution >= 4 is 22.6 Å². The number of hydrogen-bond acceptors (Lipinski definition) is 2. The van der Waals surface area contributed by atoms with Crippen molar-refractivity contribution in [3.8, 4) is 0 Å². The summed E-state index contributed by atoms with van der Waals surface area (Å²) in [5.41, 5.74) is 1.21. The van der Waals surface area contributed by atoms with Crippen molar-refractivity contribution in [2.45, 2.75) is 12.8 Å². The predicted octanol–water partition coefficient (Wildman–Crippen LogP) is 3.38. The molecule has 21 heavy (non-hydrogen) atoms. The van der Waals surface area contributed by atoms with Crippen LogP contribution in [0, 0.1) is 0 Å². The van der Waals surface area contributed by atoms with Crippen LogP contribution < -0.4 is 4.90 Å². The van der Waals surface area contributed by atoms with Crippen molar-refractivity contribution in [3.63, 3.8) is 0 Å². The Balaban J connectivity index is 0.000000131. The Labute approximate surface area is 123 Å². The second-order valence-corrected chi connectivity index (χ2v) is 4.90. The molecule has 0 aliphatic carbocycles. The van der Waals surface area contributed by atoms with Gasteiger partial charge in [0, 0.05) is 30.9 Å². The fraction of sp³-hybridized carbons (Fsp3) is 0.176. The van der Waals surface area contributed by atoms with Gasteiger partial charge in [-0.05, 0) is 36.1 Å². The number of hydrogen-bond donors (Lipinski definition) is 1. The first-order chi connectivity index (χ1) is 10.3. The zero-order valence-electron chi connectivity index (χ0n) is 11.7. The van der Waals surface area contributed by atoms with Gasteiger partial charge in [0.2, 0.25) is 5.91 Å². The summed E-state index contributed by atoms with van der Waals surface area (Å²) in [6.07, 6.45) is 5.28. The van der Waals surface area contributed by atoms with Crippen LogP contribution in [0.3, 0.4) is 0 Å². The van der Waals surface area contributed by atoms with Crippen molar-refractivity contribution < 1.29 is 4.79 Å². The molecule has 3 aromatic rings. The SMILES string of the molecule is O=C1CCCN1c1ccccn1.c1ccc2[nH]ccc2c1. The van der Waals surface area contributed by atoms with E-state index in [1.54, 1.807) is 11.1 Å². The number of aromatic nitrogens is 2. The standard InChI is InChI=1S/C9H10N2O.C8H7N/c12-9-5-3-7-11(9)8-4-1-2-6-10-8;1-2-4-8-7(3-1)5-6-9-8/h1-2,4,6H,3,5,7H2;1-6,9H. The number of para-hydroxylation sites is 1. The first kappa shape index (κ1) is 13.4. The van der Waals surface area contributed by atoms with E-state index < -0.39 is 0 Å². The van der Waals surface area contributed by atoms with E-state index in [1.165, 1.54) is 10.9 Å². The second kappa shape index (κ2) is 6.22. The maximum atomic E-state index is 11.3. The molecule has 0 unspecified atom stereocenters. The van der Waals surface area contributed by atoms with Gasteiger partial charge < -0.3 is 4.98 Å². The molecule has 0 spiro atoms. The third kappa shape index (κ3) is 3.11. The molecule has 1 amide bonds. The highest BCUT2D eigenvalue weighted by Crippen LogP contribution is 2.17. The Hall–Kier alpha value is -2.62. The molecule has 1 fully saturated rings. The minimum absolute atomic E-state index is 0.189. The smallest absolute Gasteiger partial charge is 0.228 e. The zero-order valence-corrected chi connectivity index (χ0v) is 11.7. The monoisotopic (exact) mass is 279 g/mol. The number of pyridine rings is 1. The van der Waals surface area contributed by atoms with E-state index in [0.29, 0.717) is 6.42 Å². The largest absolute Gasteiger partial charge is 0.361 e. The zero-order chi connectivity index (χ0) is 14.5. The quantitative estimate of drug-likeness (QED) is 0.742. The van der Waals surface area contributed by atoms with Gasteiger partial charge in [-0.2, -0.15) is 0 Å². The molecule has 2 aromatic heterocycles. The van der Waals surface area contributed by atoms with Crippen LogP contribution in [0.15, 0.2) is 60.9 Å². The predicted molar refractivity (Wildman–Crippen MR) is 84.1 cm³/mol. The molecule has 4 heteroatoms. The first-order valence-corrected chi connectivity index (χ1v) is 7.08.